The Balaban J connectivity index is 1.38. The predicted octanol–water partition coefficient (Wildman–Crippen LogP) is 11.9. The van der Waals surface area contributed by atoms with Crippen molar-refractivity contribution >= 4 is 76.1 Å². The Morgan fingerprint density at radius 2 is 1.10 bits per heavy atom. The molecule has 3 aromatic heterocycles. The molecule has 0 amide bonds. The topological polar surface area (TPSA) is 44.9 Å². The van der Waals surface area contributed by atoms with E-state index < -0.39 is 0 Å². The first-order valence-corrected chi connectivity index (χ1v) is 17.3. The van der Waals surface area contributed by atoms with Crippen LogP contribution in [0.15, 0.2) is 158 Å². The van der Waals surface area contributed by atoms with Crippen molar-refractivity contribution in [1.29, 1.82) is 0 Å². The number of rotatable bonds is 2. The highest BCUT2D eigenvalue weighted by molar-refractivity contribution is 6.39. The molecule has 8 aromatic carbocycles. The molecule has 0 N–H and O–H groups in total. The second-order valence-electron chi connectivity index (χ2n) is 13.3. The molecule has 0 aliphatic carbocycles. The minimum Gasteiger partial charge on any atom is -0.456 e. The van der Waals surface area contributed by atoms with Gasteiger partial charge in [-0.3, -0.25) is 4.57 Å². The van der Waals surface area contributed by atoms with Gasteiger partial charge in [0.1, 0.15) is 11.5 Å². The smallest absolute Gasteiger partial charge is 0.235 e. The lowest BCUT2D eigenvalue weighted by atomic mass is 9.96. The third-order valence-corrected chi connectivity index (χ3v) is 10.7. The van der Waals surface area contributed by atoms with Crippen molar-refractivity contribution in [3.05, 3.63) is 158 Å². The van der Waals surface area contributed by atoms with Gasteiger partial charge in [-0.2, -0.15) is 0 Å². The summed E-state index contributed by atoms with van der Waals surface area (Å²) in [6, 6.07) is 55.8. The van der Waals surface area contributed by atoms with Gasteiger partial charge in [0.05, 0.1) is 38.7 Å². The summed E-state index contributed by atoms with van der Waals surface area (Å²) in [4.78, 5) is 10.8. The van der Waals surface area contributed by atoms with Gasteiger partial charge in [-0.05, 0) is 70.1 Å². The molecule has 4 heterocycles. The molecule has 11 aromatic rings. The number of hydrogen-bond acceptors (Lipinski definition) is 3. The Hall–Kier alpha value is -6.98. The standard InChI is InChI=1S/C46H26N4O/c1-2-14-28(15-3-1)49-36-26-25-27-13-4-5-16-29(27)40(36)41-31-18-7-6-17-30(31)39-32-19-8-10-22-35(32)50(44(39)45(41)49)46-47-34-21-12-24-38-42(34)43(48-46)33-20-9-11-23-37(33)51-38/h1-26H. The SMILES string of the molecule is c1ccc(-n2c3ccc4ccccc4c3c3c4ccccc4c4c5ccccc5n(-c5nc6c7c(cccc7n5)Oc5ccccc5-6)c4c32)cc1. The number of para-hydroxylation sites is 3. The molecule has 0 unspecified atom stereocenters. The lowest BCUT2D eigenvalue weighted by molar-refractivity contribution is 0.486. The molecule has 51 heavy (non-hydrogen) atoms. The largest absolute Gasteiger partial charge is 0.456 e. The van der Waals surface area contributed by atoms with Crippen LogP contribution in [0.2, 0.25) is 0 Å². The van der Waals surface area contributed by atoms with Crippen LogP contribution in [-0.4, -0.2) is 19.1 Å². The fraction of sp³-hybridized carbons (Fsp3) is 0. The van der Waals surface area contributed by atoms with Crippen LogP contribution >= 0.6 is 0 Å². The van der Waals surface area contributed by atoms with Crippen molar-refractivity contribution in [1.82, 2.24) is 19.1 Å². The maximum absolute atomic E-state index is 6.37. The van der Waals surface area contributed by atoms with Gasteiger partial charge in [-0.15, -0.1) is 0 Å². The minimum atomic E-state index is 0.629. The van der Waals surface area contributed by atoms with E-state index in [0.29, 0.717) is 5.95 Å². The molecule has 0 radical (unpaired) electrons. The number of fused-ring (bicyclic) bond motifs is 14. The molecule has 5 nitrogen and oxygen atoms in total. The average molecular weight is 651 g/mol. The minimum absolute atomic E-state index is 0.629. The van der Waals surface area contributed by atoms with E-state index in [4.69, 9.17) is 14.7 Å². The number of ether oxygens (including phenoxy) is 1. The Morgan fingerprint density at radius 3 is 1.98 bits per heavy atom. The van der Waals surface area contributed by atoms with Crippen molar-refractivity contribution in [2.45, 2.75) is 0 Å². The van der Waals surface area contributed by atoms with E-state index in [-0.39, 0.29) is 0 Å². The molecule has 0 saturated heterocycles. The second-order valence-corrected chi connectivity index (χ2v) is 13.3. The molecule has 0 bridgehead atoms. The van der Waals surface area contributed by atoms with Crippen molar-refractivity contribution in [3.63, 3.8) is 0 Å². The van der Waals surface area contributed by atoms with Crippen molar-refractivity contribution < 1.29 is 4.74 Å². The lowest BCUT2D eigenvalue weighted by Gasteiger charge is -2.21. The van der Waals surface area contributed by atoms with Gasteiger partial charge in [-0.1, -0.05) is 109 Å². The van der Waals surface area contributed by atoms with Gasteiger partial charge in [0.25, 0.3) is 0 Å². The molecule has 236 valence electrons. The van der Waals surface area contributed by atoms with Crippen LogP contribution in [0.5, 0.6) is 11.5 Å². The van der Waals surface area contributed by atoms with Crippen molar-refractivity contribution in [2.24, 2.45) is 0 Å². The molecule has 0 saturated carbocycles. The van der Waals surface area contributed by atoms with Crippen LogP contribution < -0.4 is 4.74 Å². The molecule has 0 spiro atoms. The summed E-state index contributed by atoms with van der Waals surface area (Å²) in [7, 11) is 0. The summed E-state index contributed by atoms with van der Waals surface area (Å²) in [5.74, 6) is 2.21. The van der Waals surface area contributed by atoms with Gasteiger partial charge in [-0.25, -0.2) is 9.97 Å². The third kappa shape index (κ3) is 3.49. The Labute approximate surface area is 291 Å². The van der Waals surface area contributed by atoms with Gasteiger partial charge in [0.2, 0.25) is 5.95 Å². The highest BCUT2D eigenvalue weighted by Gasteiger charge is 2.28. The van der Waals surface area contributed by atoms with Crippen molar-refractivity contribution in [2.75, 3.05) is 0 Å². The zero-order valence-corrected chi connectivity index (χ0v) is 27.2. The maximum atomic E-state index is 6.37. The third-order valence-electron chi connectivity index (χ3n) is 10.7. The Morgan fingerprint density at radius 1 is 0.412 bits per heavy atom. The molecule has 1 aliphatic rings. The molecular weight excluding hydrogens is 625 g/mol. The number of nitrogens with zero attached hydrogens (tertiary/aromatic N) is 4. The van der Waals surface area contributed by atoms with Gasteiger partial charge < -0.3 is 9.30 Å². The van der Waals surface area contributed by atoms with Gasteiger partial charge in [0.15, 0.2) is 0 Å². The fourth-order valence-electron chi connectivity index (χ4n) is 8.64. The molecule has 0 fully saturated rings. The van der Waals surface area contributed by atoms with Crippen LogP contribution in [0.3, 0.4) is 0 Å². The van der Waals surface area contributed by atoms with Crippen LogP contribution in [0.1, 0.15) is 0 Å². The highest BCUT2D eigenvalue weighted by atomic mass is 16.5. The van der Waals surface area contributed by atoms with E-state index in [9.17, 15) is 0 Å². The zero-order valence-electron chi connectivity index (χ0n) is 27.2. The van der Waals surface area contributed by atoms with Crippen LogP contribution in [0.25, 0.3) is 99.0 Å². The molecule has 1 aliphatic heterocycles. The molecular formula is C46H26N4O. The number of hydrogen-bond donors (Lipinski definition) is 0. The molecule has 12 rings (SSSR count). The van der Waals surface area contributed by atoms with E-state index >= 15 is 0 Å². The number of benzene rings is 8. The highest BCUT2D eigenvalue weighted by Crippen LogP contribution is 2.49. The number of aromatic nitrogens is 4. The average Bonchev–Trinajstić information content (AvgIpc) is 3.73. The van der Waals surface area contributed by atoms with E-state index in [0.717, 1.165) is 66.8 Å². The van der Waals surface area contributed by atoms with E-state index in [1.165, 1.54) is 37.7 Å². The Bertz CT molecular complexity index is 3280. The summed E-state index contributed by atoms with van der Waals surface area (Å²) >= 11 is 0. The van der Waals surface area contributed by atoms with E-state index in [1.807, 2.05) is 30.3 Å². The summed E-state index contributed by atoms with van der Waals surface area (Å²) in [6.07, 6.45) is 0. The summed E-state index contributed by atoms with van der Waals surface area (Å²) in [6.45, 7) is 0. The van der Waals surface area contributed by atoms with Crippen LogP contribution in [0.4, 0.5) is 0 Å². The predicted molar refractivity (Wildman–Crippen MR) is 209 cm³/mol. The summed E-state index contributed by atoms with van der Waals surface area (Å²) < 4.78 is 11.1. The van der Waals surface area contributed by atoms with E-state index in [2.05, 4.69) is 137 Å². The van der Waals surface area contributed by atoms with Crippen molar-refractivity contribution in [3.8, 4) is 34.4 Å². The quantitative estimate of drug-likeness (QED) is 0.187. The monoisotopic (exact) mass is 650 g/mol. The summed E-state index contributed by atoms with van der Waals surface area (Å²) in [5, 5.41) is 10.6. The van der Waals surface area contributed by atoms with Crippen LogP contribution in [-0.2, 0) is 0 Å². The fourth-order valence-corrected chi connectivity index (χ4v) is 8.64. The first-order chi connectivity index (χ1) is 25.3. The van der Waals surface area contributed by atoms with Gasteiger partial charge in [0, 0.05) is 32.8 Å². The first-order valence-electron chi connectivity index (χ1n) is 17.3. The lowest BCUT2D eigenvalue weighted by Crippen LogP contribution is -2.07. The molecule has 5 heteroatoms. The second kappa shape index (κ2) is 9.80. The normalized spacial score (nSPS) is 12.5. The maximum Gasteiger partial charge on any atom is 0.235 e. The first kappa shape index (κ1) is 26.9. The van der Waals surface area contributed by atoms with E-state index in [1.54, 1.807) is 0 Å². The summed E-state index contributed by atoms with van der Waals surface area (Å²) in [5.41, 5.74) is 8.23. The molecule has 0 atom stereocenters. The van der Waals surface area contributed by atoms with Gasteiger partial charge >= 0.3 is 0 Å². The van der Waals surface area contributed by atoms with Crippen LogP contribution in [0, 0.1) is 0 Å². The Kier molecular flexibility index (Phi) is 5.17. The zero-order chi connectivity index (χ0) is 33.2.